The first kappa shape index (κ1) is 16.8. The normalized spacial score (nSPS) is 10.5. The second kappa shape index (κ2) is 6.82. The molecule has 128 valence electrons. The number of nitrogens with one attached hydrogen (secondary N) is 1. The first-order valence-corrected chi connectivity index (χ1v) is 7.70. The van der Waals surface area contributed by atoms with Crippen LogP contribution in [-0.4, -0.2) is 23.2 Å². The average Bonchev–Trinajstić information content (AvgIpc) is 3.02. The molecule has 0 aliphatic rings. The molecule has 1 aromatic carbocycles. The Morgan fingerprint density at radius 2 is 2.08 bits per heavy atom. The van der Waals surface area contributed by atoms with E-state index >= 15 is 0 Å². The minimum atomic E-state index is -0.377. The third kappa shape index (κ3) is 3.41. The number of nitrogens with zero attached hydrogens (tertiary/aromatic N) is 2. The molecule has 25 heavy (non-hydrogen) atoms. The molecule has 8 heteroatoms. The van der Waals surface area contributed by atoms with Gasteiger partial charge in [-0.15, -0.1) is 0 Å². The molecule has 3 rings (SSSR count). The number of anilines is 2. The molecule has 3 aromatic rings. The van der Waals surface area contributed by atoms with E-state index in [2.05, 4.69) is 15.5 Å². The molecule has 0 radical (unpaired) electrons. The molecule has 2 heterocycles. The molecule has 0 unspecified atom stereocenters. The highest BCUT2D eigenvalue weighted by molar-refractivity contribution is 6.33. The molecule has 0 atom stereocenters. The predicted octanol–water partition coefficient (Wildman–Crippen LogP) is 3.54. The molecule has 0 aliphatic heterocycles. The maximum atomic E-state index is 12.2. The van der Waals surface area contributed by atoms with Gasteiger partial charge in [0.15, 0.2) is 0 Å². The van der Waals surface area contributed by atoms with Crippen LogP contribution in [0.5, 0.6) is 5.75 Å². The summed E-state index contributed by atoms with van der Waals surface area (Å²) in [7, 11) is 1.57. The van der Waals surface area contributed by atoms with Gasteiger partial charge in [0.05, 0.1) is 12.8 Å². The number of hydrogen-bond donors (Lipinski definition) is 2. The molecular weight excluding hydrogens is 344 g/mol. The van der Waals surface area contributed by atoms with Crippen LogP contribution in [0.3, 0.4) is 0 Å². The van der Waals surface area contributed by atoms with Crippen molar-refractivity contribution in [1.29, 1.82) is 0 Å². The van der Waals surface area contributed by atoms with Gasteiger partial charge in [-0.25, -0.2) is 4.98 Å². The fourth-order valence-electron chi connectivity index (χ4n) is 2.30. The molecule has 7 nitrogen and oxygen atoms in total. The Labute approximate surface area is 148 Å². The zero-order valence-corrected chi connectivity index (χ0v) is 14.3. The topological polar surface area (TPSA) is 103 Å². The zero-order valence-electron chi connectivity index (χ0n) is 13.5. The molecular formula is C17H15ClN4O3. The molecule has 0 spiro atoms. The van der Waals surface area contributed by atoms with E-state index in [9.17, 15) is 4.79 Å². The van der Waals surface area contributed by atoms with Crippen molar-refractivity contribution in [2.45, 2.75) is 6.92 Å². The van der Waals surface area contributed by atoms with E-state index in [1.807, 2.05) is 0 Å². The Kier molecular flexibility index (Phi) is 4.58. The number of aromatic nitrogens is 2. The van der Waals surface area contributed by atoms with Crippen molar-refractivity contribution in [2.24, 2.45) is 0 Å². The van der Waals surface area contributed by atoms with Gasteiger partial charge in [0, 0.05) is 16.1 Å². The molecule has 2 aromatic heterocycles. The smallest absolute Gasteiger partial charge is 0.262 e. The Balaban J connectivity index is 1.89. The Morgan fingerprint density at radius 3 is 2.72 bits per heavy atom. The lowest BCUT2D eigenvalue weighted by atomic mass is 10.1. The lowest BCUT2D eigenvalue weighted by Gasteiger charge is -2.11. The average molecular weight is 359 g/mol. The minimum Gasteiger partial charge on any atom is -0.497 e. The van der Waals surface area contributed by atoms with Crippen LogP contribution in [0.2, 0.25) is 5.02 Å². The quantitative estimate of drug-likeness (QED) is 0.739. The number of halogens is 1. The van der Waals surface area contributed by atoms with Gasteiger partial charge in [0.2, 0.25) is 0 Å². The predicted molar refractivity (Wildman–Crippen MR) is 94.8 cm³/mol. The zero-order chi connectivity index (χ0) is 18.0. The monoisotopic (exact) mass is 358 g/mol. The highest BCUT2D eigenvalue weighted by atomic mass is 35.5. The van der Waals surface area contributed by atoms with Gasteiger partial charge in [0.25, 0.3) is 5.91 Å². The van der Waals surface area contributed by atoms with Gasteiger partial charge in [0.1, 0.15) is 29.2 Å². The summed E-state index contributed by atoms with van der Waals surface area (Å²) >= 11 is 6.24. The van der Waals surface area contributed by atoms with Gasteiger partial charge >= 0.3 is 0 Å². The number of carbonyl (C=O) groups is 1. The Hall–Kier alpha value is -3.06. The highest BCUT2D eigenvalue weighted by Gasteiger charge is 2.15. The second-order valence-corrected chi connectivity index (χ2v) is 5.65. The van der Waals surface area contributed by atoms with E-state index in [0.29, 0.717) is 39.0 Å². The number of amides is 1. The Morgan fingerprint density at radius 1 is 1.28 bits per heavy atom. The van der Waals surface area contributed by atoms with E-state index in [-0.39, 0.29) is 11.7 Å². The number of methoxy groups -OCH3 is 1. The summed E-state index contributed by atoms with van der Waals surface area (Å²) in [5.41, 5.74) is 8.20. The van der Waals surface area contributed by atoms with Gasteiger partial charge in [-0.05, 0) is 37.3 Å². The van der Waals surface area contributed by atoms with Crippen LogP contribution in [-0.2, 0) is 0 Å². The van der Waals surface area contributed by atoms with Crippen molar-refractivity contribution in [3.63, 3.8) is 0 Å². The van der Waals surface area contributed by atoms with Crippen molar-refractivity contribution in [3.05, 3.63) is 52.9 Å². The molecule has 0 fully saturated rings. The summed E-state index contributed by atoms with van der Waals surface area (Å²) in [4.78, 5) is 16.4. The second-order valence-electron chi connectivity index (χ2n) is 5.24. The molecule has 0 saturated heterocycles. The summed E-state index contributed by atoms with van der Waals surface area (Å²) < 4.78 is 9.97. The Bertz CT molecular complexity index is 939. The number of pyridine rings is 1. The van der Waals surface area contributed by atoms with E-state index in [0.717, 1.165) is 0 Å². The number of benzene rings is 1. The molecule has 3 N–H and O–H groups in total. The third-order valence-corrected chi connectivity index (χ3v) is 3.95. The number of rotatable bonds is 4. The lowest BCUT2D eigenvalue weighted by Crippen LogP contribution is -2.14. The SMILES string of the molecule is COc1ccc(Cl)c(-c2ccc(NC(=O)c3conc3C)nc2N)c1. The fraction of sp³-hybridized carbons (Fsp3) is 0.118. The lowest BCUT2D eigenvalue weighted by molar-refractivity contribution is 0.102. The number of ether oxygens (including phenoxy) is 1. The third-order valence-electron chi connectivity index (χ3n) is 3.62. The molecule has 0 aliphatic carbocycles. The van der Waals surface area contributed by atoms with E-state index in [1.54, 1.807) is 44.4 Å². The number of aryl methyl sites for hydroxylation is 1. The van der Waals surface area contributed by atoms with Crippen LogP contribution < -0.4 is 15.8 Å². The molecule has 0 saturated carbocycles. The van der Waals surface area contributed by atoms with E-state index < -0.39 is 0 Å². The summed E-state index contributed by atoms with van der Waals surface area (Å²) in [6.07, 6.45) is 1.28. The summed E-state index contributed by atoms with van der Waals surface area (Å²) in [6.45, 7) is 1.67. The van der Waals surface area contributed by atoms with Crippen LogP contribution in [0.4, 0.5) is 11.6 Å². The van der Waals surface area contributed by atoms with Crippen molar-refractivity contribution in [1.82, 2.24) is 10.1 Å². The van der Waals surface area contributed by atoms with Crippen LogP contribution >= 0.6 is 11.6 Å². The van der Waals surface area contributed by atoms with Gasteiger partial charge in [-0.2, -0.15) is 0 Å². The fourth-order valence-corrected chi connectivity index (χ4v) is 2.52. The van der Waals surface area contributed by atoms with Crippen molar-refractivity contribution >= 4 is 29.1 Å². The number of nitrogen functional groups attached to an aromatic ring is 1. The van der Waals surface area contributed by atoms with Crippen LogP contribution in [0.1, 0.15) is 16.1 Å². The number of carbonyl (C=O) groups excluding carboxylic acids is 1. The summed E-state index contributed by atoms with van der Waals surface area (Å²) in [5.74, 6) is 0.817. The van der Waals surface area contributed by atoms with Gasteiger partial charge in [-0.3, -0.25) is 4.79 Å². The summed E-state index contributed by atoms with van der Waals surface area (Å²) in [6, 6.07) is 8.63. The van der Waals surface area contributed by atoms with E-state index in [4.69, 9.17) is 26.6 Å². The minimum absolute atomic E-state index is 0.231. The maximum Gasteiger partial charge on any atom is 0.262 e. The maximum absolute atomic E-state index is 12.2. The van der Waals surface area contributed by atoms with Crippen molar-refractivity contribution in [2.75, 3.05) is 18.2 Å². The van der Waals surface area contributed by atoms with Crippen molar-refractivity contribution in [3.8, 4) is 16.9 Å². The van der Waals surface area contributed by atoms with E-state index in [1.165, 1.54) is 6.26 Å². The van der Waals surface area contributed by atoms with Crippen molar-refractivity contribution < 1.29 is 14.1 Å². The standard InChI is InChI=1S/C17H15ClN4O3/c1-9-13(8-25-22-9)17(23)21-15-6-4-11(16(19)20-15)12-7-10(24-2)3-5-14(12)18/h3-8H,1-2H3,(H3,19,20,21,23). The highest BCUT2D eigenvalue weighted by Crippen LogP contribution is 2.34. The van der Waals surface area contributed by atoms with Gasteiger partial charge < -0.3 is 20.3 Å². The van der Waals surface area contributed by atoms with Crippen LogP contribution in [0.25, 0.3) is 11.1 Å². The molecule has 1 amide bonds. The van der Waals surface area contributed by atoms with Crippen LogP contribution in [0, 0.1) is 6.92 Å². The largest absolute Gasteiger partial charge is 0.497 e. The number of hydrogen-bond acceptors (Lipinski definition) is 6. The number of nitrogens with two attached hydrogens (primary N) is 1. The summed E-state index contributed by atoms with van der Waals surface area (Å²) in [5, 5.41) is 6.84. The first-order valence-electron chi connectivity index (χ1n) is 7.32. The van der Waals surface area contributed by atoms with Crippen LogP contribution in [0.15, 0.2) is 41.1 Å². The van der Waals surface area contributed by atoms with Gasteiger partial charge in [-0.1, -0.05) is 16.8 Å². The first-order chi connectivity index (χ1) is 12.0. The molecule has 0 bridgehead atoms.